The normalized spacial score (nSPS) is 17.5. The van der Waals surface area contributed by atoms with Crippen LogP contribution >= 0.6 is 0 Å². The molecule has 2 aromatic heterocycles. The van der Waals surface area contributed by atoms with Crippen molar-refractivity contribution < 1.29 is 4.74 Å². The molecule has 2 N–H and O–H groups in total. The Morgan fingerprint density at radius 1 is 1.06 bits per heavy atom. The second-order valence-electron chi connectivity index (χ2n) is 8.74. The van der Waals surface area contributed by atoms with Crippen LogP contribution in [0, 0.1) is 6.92 Å². The van der Waals surface area contributed by atoms with Crippen LogP contribution in [0.25, 0.3) is 11.0 Å². The van der Waals surface area contributed by atoms with Crippen LogP contribution in [-0.2, 0) is 7.05 Å². The van der Waals surface area contributed by atoms with E-state index < -0.39 is 0 Å². The molecule has 172 valence electrons. The van der Waals surface area contributed by atoms with Crippen molar-refractivity contribution in [2.45, 2.75) is 26.1 Å². The van der Waals surface area contributed by atoms with E-state index in [-0.39, 0.29) is 6.29 Å². The molecule has 2 aliphatic rings. The van der Waals surface area contributed by atoms with Crippen molar-refractivity contribution in [3.05, 3.63) is 60.3 Å². The highest BCUT2D eigenvalue weighted by molar-refractivity contribution is 5.92. The number of aromatic nitrogens is 4. The van der Waals surface area contributed by atoms with Crippen LogP contribution in [0.3, 0.4) is 0 Å². The molecule has 2 aliphatic heterocycles. The predicted octanol–water partition coefficient (Wildman–Crippen LogP) is 4.43. The summed E-state index contributed by atoms with van der Waals surface area (Å²) in [6, 6.07) is 12.0. The van der Waals surface area contributed by atoms with Crippen LogP contribution in [0.15, 0.2) is 54.0 Å². The molecule has 1 atom stereocenters. The third kappa shape index (κ3) is 3.84. The fraction of sp³-hybridized carbons (Fsp3) is 0.280. The number of imidazole rings is 1. The van der Waals surface area contributed by atoms with Gasteiger partial charge in [0.25, 0.3) is 0 Å². The number of likely N-dealkylation sites (tertiary alicyclic amines) is 1. The minimum Gasteiger partial charge on any atom is -0.457 e. The van der Waals surface area contributed by atoms with Gasteiger partial charge in [0.1, 0.15) is 29.2 Å². The molecule has 9 nitrogen and oxygen atoms in total. The first-order chi connectivity index (χ1) is 16.6. The smallest absolute Gasteiger partial charge is 0.176 e. The van der Waals surface area contributed by atoms with Crippen molar-refractivity contribution in [1.29, 1.82) is 0 Å². The van der Waals surface area contributed by atoms with Gasteiger partial charge in [-0.15, -0.1) is 0 Å². The Morgan fingerprint density at radius 3 is 2.79 bits per heavy atom. The lowest BCUT2D eigenvalue weighted by Gasteiger charge is -2.29. The van der Waals surface area contributed by atoms with E-state index in [2.05, 4.69) is 41.5 Å². The van der Waals surface area contributed by atoms with E-state index in [4.69, 9.17) is 4.74 Å². The Bertz CT molecular complexity index is 1390. The molecule has 1 fully saturated rings. The lowest BCUT2D eigenvalue weighted by atomic mass is 10.2. The van der Waals surface area contributed by atoms with E-state index in [9.17, 15) is 0 Å². The molecule has 0 spiro atoms. The number of ether oxygens (including phenoxy) is 1. The summed E-state index contributed by atoms with van der Waals surface area (Å²) in [6.45, 7) is 4.13. The number of hydrogen-bond donors (Lipinski definition) is 2. The van der Waals surface area contributed by atoms with E-state index in [1.165, 1.54) is 12.8 Å². The van der Waals surface area contributed by atoms with Crippen molar-refractivity contribution in [2.75, 3.05) is 23.7 Å². The van der Waals surface area contributed by atoms with E-state index >= 15 is 0 Å². The Kier molecular flexibility index (Phi) is 5.10. The molecule has 34 heavy (non-hydrogen) atoms. The van der Waals surface area contributed by atoms with E-state index in [0.29, 0.717) is 0 Å². The number of nitrogens with zero attached hydrogens (tertiary/aromatic N) is 6. The molecule has 0 radical (unpaired) electrons. The summed E-state index contributed by atoms with van der Waals surface area (Å²) in [6.07, 6.45) is 7.54. The van der Waals surface area contributed by atoms with Crippen molar-refractivity contribution >= 4 is 34.4 Å². The Labute approximate surface area is 197 Å². The van der Waals surface area contributed by atoms with Gasteiger partial charge in [-0.3, -0.25) is 9.89 Å². The third-order valence-corrected chi connectivity index (χ3v) is 6.34. The van der Waals surface area contributed by atoms with Crippen LogP contribution in [0.4, 0.5) is 17.2 Å². The third-order valence-electron chi connectivity index (χ3n) is 6.34. The average Bonchev–Trinajstić information content (AvgIpc) is 3.51. The maximum atomic E-state index is 6.16. The summed E-state index contributed by atoms with van der Waals surface area (Å²) in [7, 11) is 1.98. The summed E-state index contributed by atoms with van der Waals surface area (Å²) >= 11 is 0. The van der Waals surface area contributed by atoms with E-state index in [0.717, 1.165) is 64.1 Å². The van der Waals surface area contributed by atoms with Gasteiger partial charge >= 0.3 is 0 Å². The molecule has 0 saturated carbocycles. The van der Waals surface area contributed by atoms with Gasteiger partial charge in [-0.05, 0) is 55.7 Å². The van der Waals surface area contributed by atoms with Crippen molar-refractivity contribution in [2.24, 2.45) is 12.0 Å². The summed E-state index contributed by atoms with van der Waals surface area (Å²) in [5.41, 5.74) is 5.58. The summed E-state index contributed by atoms with van der Waals surface area (Å²) in [4.78, 5) is 20.3. The van der Waals surface area contributed by atoms with E-state index in [1.54, 1.807) is 12.7 Å². The molecule has 4 aromatic rings. The number of nitrogens with one attached hydrogen (secondary N) is 2. The molecule has 9 heteroatoms. The highest BCUT2D eigenvalue weighted by Crippen LogP contribution is 2.33. The molecule has 6 rings (SSSR count). The quantitative estimate of drug-likeness (QED) is 0.461. The van der Waals surface area contributed by atoms with Gasteiger partial charge < -0.3 is 19.9 Å². The monoisotopic (exact) mass is 454 g/mol. The Morgan fingerprint density at radius 2 is 1.94 bits per heavy atom. The van der Waals surface area contributed by atoms with Crippen LogP contribution in [-0.4, -0.2) is 50.0 Å². The first-order valence-corrected chi connectivity index (χ1v) is 11.5. The second kappa shape index (κ2) is 8.42. The molecule has 4 heterocycles. The molecule has 2 aromatic carbocycles. The number of fused-ring (bicyclic) bond motifs is 2. The van der Waals surface area contributed by atoms with Gasteiger partial charge in [0.2, 0.25) is 0 Å². The van der Waals surface area contributed by atoms with Crippen molar-refractivity contribution in [3.63, 3.8) is 0 Å². The predicted molar refractivity (Wildman–Crippen MR) is 133 cm³/mol. The SMILES string of the molecule is Cc1cc(Nc2ncnc3c2NC(N2CCCC2)N=C3)ccc1Oc1ccc2c(c1)ncn2C. The Balaban J connectivity index is 1.21. The topological polar surface area (TPSA) is 92.5 Å². The van der Waals surface area contributed by atoms with Gasteiger partial charge in [0.05, 0.1) is 23.6 Å². The van der Waals surface area contributed by atoms with Gasteiger partial charge in [0.15, 0.2) is 12.1 Å². The van der Waals surface area contributed by atoms with Gasteiger partial charge in [0, 0.05) is 31.9 Å². The number of benzene rings is 2. The number of anilines is 3. The molecule has 1 unspecified atom stereocenters. The van der Waals surface area contributed by atoms with Gasteiger partial charge in [-0.1, -0.05) is 0 Å². The molecule has 0 aliphatic carbocycles. The van der Waals surface area contributed by atoms with Crippen LogP contribution in [0.2, 0.25) is 0 Å². The standard InChI is InChI=1S/C25H26N8O/c1-16-11-17(5-8-22(16)34-18-6-7-21-19(12-18)29-15-32(21)2)30-24-23-20(27-14-28-24)13-26-25(31-23)33-9-3-4-10-33/h5-8,11-15,25,31H,3-4,9-10H2,1-2H3,(H,27,28,30). The maximum absolute atomic E-state index is 6.16. The zero-order chi connectivity index (χ0) is 23.1. The minimum absolute atomic E-state index is 0.0736. The highest BCUT2D eigenvalue weighted by Gasteiger charge is 2.26. The van der Waals surface area contributed by atoms with Crippen molar-refractivity contribution in [3.8, 4) is 11.5 Å². The molecule has 1 saturated heterocycles. The minimum atomic E-state index is -0.0736. The molecule has 0 bridgehead atoms. The number of hydrogen-bond acceptors (Lipinski definition) is 8. The van der Waals surface area contributed by atoms with Crippen LogP contribution in [0.5, 0.6) is 11.5 Å². The number of aliphatic imine (C=N–C) groups is 1. The molecular formula is C25H26N8O. The highest BCUT2D eigenvalue weighted by atomic mass is 16.5. The fourth-order valence-electron chi connectivity index (χ4n) is 4.50. The van der Waals surface area contributed by atoms with Crippen LogP contribution < -0.4 is 15.4 Å². The lowest BCUT2D eigenvalue weighted by Crippen LogP contribution is -2.39. The zero-order valence-corrected chi connectivity index (χ0v) is 19.2. The summed E-state index contributed by atoms with van der Waals surface area (Å²) in [5, 5.41) is 6.95. The zero-order valence-electron chi connectivity index (χ0n) is 19.2. The fourth-order valence-corrected chi connectivity index (χ4v) is 4.50. The Hall–Kier alpha value is -3.98. The first kappa shape index (κ1) is 20.6. The summed E-state index contributed by atoms with van der Waals surface area (Å²) < 4.78 is 8.15. The van der Waals surface area contributed by atoms with Gasteiger partial charge in [-0.25, -0.2) is 15.0 Å². The molecule has 0 amide bonds. The molecular weight excluding hydrogens is 428 g/mol. The first-order valence-electron chi connectivity index (χ1n) is 11.5. The summed E-state index contributed by atoms with van der Waals surface area (Å²) in [5.74, 6) is 2.29. The maximum Gasteiger partial charge on any atom is 0.176 e. The second-order valence-corrected chi connectivity index (χ2v) is 8.74. The number of rotatable bonds is 5. The lowest BCUT2D eigenvalue weighted by molar-refractivity contribution is 0.274. The van der Waals surface area contributed by atoms with E-state index in [1.807, 2.05) is 55.1 Å². The largest absolute Gasteiger partial charge is 0.457 e. The van der Waals surface area contributed by atoms with Crippen molar-refractivity contribution in [1.82, 2.24) is 24.4 Å². The van der Waals surface area contributed by atoms with Crippen LogP contribution in [0.1, 0.15) is 24.1 Å². The van der Waals surface area contributed by atoms with Gasteiger partial charge in [-0.2, -0.15) is 0 Å². The number of aryl methyl sites for hydroxylation is 2. The average molecular weight is 455 g/mol.